The third-order valence-electron chi connectivity index (χ3n) is 4.40. The Labute approximate surface area is 132 Å². The van der Waals surface area contributed by atoms with Crippen LogP contribution in [0.15, 0.2) is 10.7 Å². The molecule has 1 N–H and O–H groups in total. The summed E-state index contributed by atoms with van der Waals surface area (Å²) in [5.41, 5.74) is -0.0729. The molecule has 6 nitrogen and oxygen atoms in total. The van der Waals surface area contributed by atoms with Crippen LogP contribution < -0.4 is 0 Å². The van der Waals surface area contributed by atoms with Gasteiger partial charge in [0.05, 0.1) is 42.7 Å². The highest BCUT2D eigenvalue weighted by molar-refractivity contribution is 9.10. The Hall–Kier alpha value is -0.470. The van der Waals surface area contributed by atoms with Crippen molar-refractivity contribution in [2.45, 2.75) is 43.6 Å². The van der Waals surface area contributed by atoms with Crippen LogP contribution in [0, 0.1) is 0 Å². The Bertz CT molecular complexity index is 489. The molecule has 2 heterocycles. The Kier molecular flexibility index (Phi) is 4.38. The molecule has 7 heteroatoms. The molecule has 0 radical (unpaired) electrons. The van der Waals surface area contributed by atoms with E-state index in [1.165, 1.54) is 0 Å². The van der Waals surface area contributed by atoms with Gasteiger partial charge in [-0.2, -0.15) is 5.10 Å². The molecule has 0 unspecified atom stereocenters. The van der Waals surface area contributed by atoms with Gasteiger partial charge in [0.1, 0.15) is 5.60 Å². The zero-order valence-corrected chi connectivity index (χ0v) is 13.8. The van der Waals surface area contributed by atoms with Gasteiger partial charge in [-0.15, -0.1) is 0 Å². The number of halogens is 1. The summed E-state index contributed by atoms with van der Waals surface area (Å²) in [6.45, 7) is 2.48. The van der Waals surface area contributed by atoms with Crippen molar-refractivity contribution in [3.8, 4) is 0 Å². The summed E-state index contributed by atoms with van der Waals surface area (Å²) in [5, 5.41) is 15.4. The lowest BCUT2D eigenvalue weighted by atomic mass is 9.79. The molecule has 0 amide bonds. The van der Waals surface area contributed by atoms with Gasteiger partial charge >= 0.3 is 0 Å². The van der Waals surface area contributed by atoms with Gasteiger partial charge in [0.2, 0.25) is 0 Å². The number of nitrogens with zero attached hydrogens (tertiary/aromatic N) is 2. The fourth-order valence-corrected chi connectivity index (χ4v) is 3.90. The van der Waals surface area contributed by atoms with Gasteiger partial charge in [0, 0.05) is 20.0 Å². The van der Waals surface area contributed by atoms with Crippen LogP contribution in [0.1, 0.15) is 31.4 Å². The predicted octanol–water partition coefficient (Wildman–Crippen LogP) is 1.80. The third-order valence-corrected chi connectivity index (χ3v) is 4.98. The summed E-state index contributed by atoms with van der Waals surface area (Å²) in [6, 6.07) is 0. The van der Waals surface area contributed by atoms with Crippen LogP contribution in [0.2, 0.25) is 0 Å². The Morgan fingerprint density at radius 3 is 2.62 bits per heavy atom. The molecule has 1 saturated carbocycles. The molecule has 118 valence electrons. The largest absolute Gasteiger partial charge is 0.384 e. The van der Waals surface area contributed by atoms with Crippen molar-refractivity contribution in [1.29, 1.82) is 0 Å². The molecule has 0 atom stereocenters. The maximum absolute atomic E-state index is 11.1. The number of hydrogen-bond donors (Lipinski definition) is 1. The average Bonchev–Trinajstić information content (AvgIpc) is 3.08. The lowest BCUT2D eigenvalue weighted by Crippen LogP contribution is -2.43. The molecule has 1 spiro atoms. The normalized spacial score (nSPS) is 23.8. The van der Waals surface area contributed by atoms with Crippen molar-refractivity contribution in [3.05, 3.63) is 16.4 Å². The summed E-state index contributed by atoms with van der Waals surface area (Å²) >= 11 is 3.51. The second-order valence-electron chi connectivity index (χ2n) is 5.70. The van der Waals surface area contributed by atoms with E-state index in [0.29, 0.717) is 52.0 Å². The molecule has 1 aromatic rings. The van der Waals surface area contributed by atoms with Crippen LogP contribution in [-0.2, 0) is 26.4 Å². The lowest BCUT2D eigenvalue weighted by molar-refractivity contribution is -0.205. The van der Waals surface area contributed by atoms with Crippen molar-refractivity contribution in [2.75, 3.05) is 26.9 Å². The van der Waals surface area contributed by atoms with Crippen LogP contribution in [0.3, 0.4) is 0 Å². The first-order chi connectivity index (χ1) is 10.1. The average molecular weight is 361 g/mol. The molecule has 1 aliphatic carbocycles. The quantitative estimate of drug-likeness (QED) is 0.886. The molecular formula is C14H21BrN2O4. The standard InChI is InChI=1S/C14H21BrN2O4/c1-19-7-6-17-12(11(15)10-16-17)13(18)2-4-14(5-3-13)20-8-9-21-14/h10,18H,2-9H2,1H3. The molecule has 1 aromatic heterocycles. The van der Waals surface area contributed by atoms with Gasteiger partial charge in [-0.05, 0) is 28.8 Å². The lowest BCUT2D eigenvalue weighted by Gasteiger charge is -2.40. The SMILES string of the molecule is COCCn1ncc(Br)c1C1(O)CCC2(CC1)OCCO2. The molecule has 1 aliphatic heterocycles. The van der Waals surface area contributed by atoms with Crippen molar-refractivity contribution < 1.29 is 19.3 Å². The number of ether oxygens (including phenoxy) is 3. The van der Waals surface area contributed by atoms with Crippen molar-refractivity contribution in [3.63, 3.8) is 0 Å². The van der Waals surface area contributed by atoms with Crippen LogP contribution in [0.4, 0.5) is 0 Å². The highest BCUT2D eigenvalue weighted by Crippen LogP contribution is 2.46. The van der Waals surface area contributed by atoms with E-state index >= 15 is 0 Å². The first kappa shape index (κ1) is 15.4. The summed E-state index contributed by atoms with van der Waals surface area (Å²) < 4.78 is 19.2. The summed E-state index contributed by atoms with van der Waals surface area (Å²) in [4.78, 5) is 0. The van der Waals surface area contributed by atoms with E-state index in [2.05, 4.69) is 21.0 Å². The zero-order valence-electron chi connectivity index (χ0n) is 12.2. The second kappa shape index (κ2) is 5.96. The van der Waals surface area contributed by atoms with E-state index in [1.54, 1.807) is 13.3 Å². The summed E-state index contributed by atoms with van der Waals surface area (Å²) in [5.74, 6) is -0.476. The minimum absolute atomic E-state index is 0.476. The maximum atomic E-state index is 11.1. The Morgan fingerprint density at radius 1 is 1.33 bits per heavy atom. The van der Waals surface area contributed by atoms with E-state index in [1.807, 2.05) is 4.68 Å². The predicted molar refractivity (Wildman–Crippen MR) is 78.8 cm³/mol. The Morgan fingerprint density at radius 2 is 2.00 bits per heavy atom. The van der Waals surface area contributed by atoms with Crippen molar-refractivity contribution in [1.82, 2.24) is 9.78 Å². The summed E-state index contributed by atoms with van der Waals surface area (Å²) in [7, 11) is 1.66. The van der Waals surface area contributed by atoms with Gasteiger partial charge in [-0.3, -0.25) is 4.68 Å². The van der Waals surface area contributed by atoms with Crippen LogP contribution in [0.5, 0.6) is 0 Å². The van der Waals surface area contributed by atoms with Gasteiger partial charge in [0.15, 0.2) is 5.79 Å². The molecule has 2 aliphatic rings. The van der Waals surface area contributed by atoms with Crippen LogP contribution >= 0.6 is 15.9 Å². The monoisotopic (exact) mass is 360 g/mol. The smallest absolute Gasteiger partial charge is 0.168 e. The second-order valence-corrected chi connectivity index (χ2v) is 6.55. The van der Waals surface area contributed by atoms with E-state index in [9.17, 15) is 5.11 Å². The molecular weight excluding hydrogens is 340 g/mol. The van der Waals surface area contributed by atoms with Crippen molar-refractivity contribution >= 4 is 15.9 Å². The maximum Gasteiger partial charge on any atom is 0.168 e. The fourth-order valence-electron chi connectivity index (χ4n) is 3.24. The number of hydrogen-bond acceptors (Lipinski definition) is 5. The topological polar surface area (TPSA) is 65.7 Å². The first-order valence-electron chi connectivity index (χ1n) is 7.30. The van der Waals surface area contributed by atoms with Gasteiger partial charge < -0.3 is 19.3 Å². The van der Waals surface area contributed by atoms with Crippen molar-refractivity contribution in [2.24, 2.45) is 0 Å². The molecule has 0 aromatic carbocycles. The van der Waals surface area contributed by atoms with E-state index < -0.39 is 11.4 Å². The molecule has 21 heavy (non-hydrogen) atoms. The van der Waals surface area contributed by atoms with E-state index in [4.69, 9.17) is 14.2 Å². The zero-order chi connectivity index (χ0) is 14.9. The minimum Gasteiger partial charge on any atom is -0.384 e. The highest BCUT2D eigenvalue weighted by atomic mass is 79.9. The minimum atomic E-state index is -0.899. The van der Waals surface area contributed by atoms with E-state index in [0.717, 1.165) is 10.2 Å². The summed E-state index contributed by atoms with van der Waals surface area (Å²) in [6.07, 6.45) is 4.33. The van der Waals surface area contributed by atoms with Crippen LogP contribution in [0.25, 0.3) is 0 Å². The van der Waals surface area contributed by atoms with Gasteiger partial charge in [-0.25, -0.2) is 0 Å². The number of rotatable bonds is 4. The number of aromatic nitrogens is 2. The molecule has 0 bridgehead atoms. The first-order valence-corrected chi connectivity index (χ1v) is 8.09. The molecule has 1 saturated heterocycles. The molecule has 3 rings (SSSR count). The third kappa shape index (κ3) is 2.90. The van der Waals surface area contributed by atoms with Gasteiger partial charge in [0.25, 0.3) is 0 Å². The number of aliphatic hydroxyl groups is 1. The number of methoxy groups -OCH3 is 1. The van der Waals surface area contributed by atoms with Crippen LogP contribution in [-0.4, -0.2) is 47.6 Å². The Balaban J connectivity index is 1.78. The van der Waals surface area contributed by atoms with Gasteiger partial charge in [-0.1, -0.05) is 0 Å². The highest BCUT2D eigenvalue weighted by Gasteiger charge is 2.48. The van der Waals surface area contributed by atoms with E-state index in [-0.39, 0.29) is 0 Å². The fraction of sp³-hybridized carbons (Fsp3) is 0.786. The molecule has 2 fully saturated rings.